The number of hydrogen-bond acceptors (Lipinski definition) is 7. The van der Waals surface area contributed by atoms with Gasteiger partial charge < -0.3 is 15.0 Å². The van der Waals surface area contributed by atoms with Crippen molar-refractivity contribution in [2.75, 3.05) is 65.6 Å². The molecule has 0 saturated carbocycles. The van der Waals surface area contributed by atoms with Crippen LogP contribution in [0.4, 0.5) is 0 Å². The number of carbonyl (C=O) groups excluding carboxylic acids is 2. The molecule has 0 atom stereocenters. The highest BCUT2D eigenvalue weighted by molar-refractivity contribution is 7.89. The van der Waals surface area contributed by atoms with Crippen LogP contribution in [0.3, 0.4) is 0 Å². The van der Waals surface area contributed by atoms with E-state index in [9.17, 15) is 18.0 Å². The van der Waals surface area contributed by atoms with Crippen LogP contribution in [0.5, 0.6) is 0 Å². The lowest BCUT2D eigenvalue weighted by Crippen LogP contribution is -2.50. The van der Waals surface area contributed by atoms with E-state index in [0.29, 0.717) is 58.0 Å². The fraction of sp³-hybridized carbons (Fsp3) is 0.455. The average molecular weight is 493 g/mol. The largest absolute Gasteiger partial charge is 0.379 e. The topological polar surface area (TPSA) is 99.3 Å². The van der Waals surface area contributed by atoms with Crippen LogP contribution in [0, 0.1) is 0 Å². The summed E-state index contributed by atoms with van der Waals surface area (Å²) in [5.74, 6) is -0.167. The number of amides is 2. The molecule has 0 bridgehead atoms. The van der Waals surface area contributed by atoms with E-state index in [2.05, 4.69) is 10.2 Å². The monoisotopic (exact) mass is 492 g/mol. The highest BCUT2D eigenvalue weighted by Gasteiger charge is 2.26. The van der Waals surface area contributed by atoms with E-state index in [1.54, 1.807) is 0 Å². The molecular formula is C22H28N4O5S2. The molecule has 1 aromatic carbocycles. The third-order valence-electron chi connectivity index (χ3n) is 5.87. The standard InChI is InChI=1S/C22H28N4O5S2/c27-21(18-1-3-20(4-2-18)33(29,30)26-12-14-31-15-13-26)23-6-7-24-8-10-25(11-9-24)22(28)19-5-16-32-17-19/h1-5,16-17H,6-15H2,(H,23,27). The molecule has 2 fully saturated rings. The molecule has 178 valence electrons. The molecule has 3 heterocycles. The van der Waals surface area contributed by atoms with Crippen molar-refractivity contribution >= 4 is 33.2 Å². The normalized spacial score (nSPS) is 18.2. The first kappa shape index (κ1) is 23.8. The Labute approximate surface area is 198 Å². The Morgan fingerprint density at radius 2 is 1.64 bits per heavy atom. The van der Waals surface area contributed by atoms with Crippen LogP contribution in [0.1, 0.15) is 20.7 Å². The Balaban J connectivity index is 1.21. The number of nitrogens with zero attached hydrogens (tertiary/aromatic N) is 3. The van der Waals surface area contributed by atoms with Crippen LogP contribution in [-0.4, -0.2) is 99.9 Å². The van der Waals surface area contributed by atoms with Gasteiger partial charge in [0, 0.05) is 63.3 Å². The van der Waals surface area contributed by atoms with Crippen LogP contribution in [0.2, 0.25) is 0 Å². The summed E-state index contributed by atoms with van der Waals surface area (Å²) < 4.78 is 32.0. The van der Waals surface area contributed by atoms with Gasteiger partial charge in [-0.15, -0.1) is 0 Å². The van der Waals surface area contributed by atoms with E-state index in [4.69, 9.17) is 4.74 Å². The van der Waals surface area contributed by atoms with Crippen molar-refractivity contribution < 1.29 is 22.7 Å². The van der Waals surface area contributed by atoms with Crippen molar-refractivity contribution in [1.82, 2.24) is 19.4 Å². The zero-order chi connectivity index (χ0) is 23.3. The summed E-state index contributed by atoms with van der Waals surface area (Å²) in [7, 11) is -3.57. The number of hydrogen-bond donors (Lipinski definition) is 1. The first-order valence-electron chi connectivity index (χ1n) is 10.9. The van der Waals surface area contributed by atoms with Gasteiger partial charge in [-0.05, 0) is 35.7 Å². The lowest BCUT2D eigenvalue weighted by atomic mass is 10.2. The number of rotatable bonds is 7. The molecule has 0 aliphatic carbocycles. The maximum Gasteiger partial charge on any atom is 0.254 e. The third-order valence-corrected chi connectivity index (χ3v) is 8.46. The van der Waals surface area contributed by atoms with Crippen molar-refractivity contribution in [3.05, 3.63) is 52.2 Å². The molecule has 4 rings (SSSR count). The molecule has 9 nitrogen and oxygen atoms in total. The molecule has 2 aromatic rings. The number of thiophene rings is 1. The minimum absolute atomic E-state index is 0.0725. The summed E-state index contributed by atoms with van der Waals surface area (Å²) in [4.78, 5) is 29.1. The van der Waals surface area contributed by atoms with Crippen LogP contribution in [-0.2, 0) is 14.8 Å². The van der Waals surface area contributed by atoms with Crippen LogP contribution < -0.4 is 5.32 Å². The average Bonchev–Trinajstić information content (AvgIpc) is 3.40. The van der Waals surface area contributed by atoms with Gasteiger partial charge in [0.25, 0.3) is 11.8 Å². The number of carbonyl (C=O) groups is 2. The number of benzene rings is 1. The van der Waals surface area contributed by atoms with Gasteiger partial charge in [-0.3, -0.25) is 14.5 Å². The molecule has 0 spiro atoms. The zero-order valence-corrected chi connectivity index (χ0v) is 19.9. The maximum atomic E-state index is 12.7. The predicted octanol–water partition coefficient (Wildman–Crippen LogP) is 0.957. The third kappa shape index (κ3) is 5.79. The minimum atomic E-state index is -3.57. The van der Waals surface area contributed by atoms with Crippen LogP contribution >= 0.6 is 11.3 Å². The second kappa shape index (κ2) is 10.7. The molecule has 0 radical (unpaired) electrons. The summed E-state index contributed by atoms with van der Waals surface area (Å²) in [5, 5.41) is 6.66. The van der Waals surface area contributed by atoms with Crippen molar-refractivity contribution in [2.45, 2.75) is 4.90 Å². The number of piperazine rings is 1. The smallest absolute Gasteiger partial charge is 0.254 e. The first-order chi connectivity index (χ1) is 15.9. The van der Waals surface area contributed by atoms with Crippen molar-refractivity contribution in [3.63, 3.8) is 0 Å². The highest BCUT2D eigenvalue weighted by atomic mass is 32.2. The van der Waals surface area contributed by atoms with Gasteiger partial charge >= 0.3 is 0 Å². The Morgan fingerprint density at radius 3 is 2.27 bits per heavy atom. The molecule has 33 heavy (non-hydrogen) atoms. The lowest BCUT2D eigenvalue weighted by Gasteiger charge is -2.34. The van der Waals surface area contributed by atoms with Crippen molar-refractivity contribution in [1.29, 1.82) is 0 Å². The number of nitrogens with one attached hydrogen (secondary N) is 1. The summed E-state index contributed by atoms with van der Waals surface area (Å²) in [6.45, 7) is 5.48. The fourth-order valence-corrected chi connectivity index (χ4v) is 5.92. The number of sulfonamides is 1. The van der Waals surface area contributed by atoms with E-state index in [0.717, 1.165) is 18.7 Å². The Hall–Kier alpha value is -2.31. The molecule has 2 aliphatic rings. The minimum Gasteiger partial charge on any atom is -0.379 e. The van der Waals surface area contributed by atoms with Gasteiger partial charge in [0.2, 0.25) is 10.0 Å². The molecule has 1 N–H and O–H groups in total. The SMILES string of the molecule is O=C(NCCN1CCN(C(=O)c2ccsc2)CC1)c1ccc(S(=O)(=O)N2CCOCC2)cc1. The Kier molecular flexibility index (Phi) is 7.76. The lowest BCUT2D eigenvalue weighted by molar-refractivity contribution is 0.0638. The molecule has 0 unspecified atom stereocenters. The zero-order valence-electron chi connectivity index (χ0n) is 18.3. The highest BCUT2D eigenvalue weighted by Crippen LogP contribution is 2.18. The van der Waals surface area contributed by atoms with E-state index >= 15 is 0 Å². The summed E-state index contributed by atoms with van der Waals surface area (Å²) in [6.07, 6.45) is 0. The van der Waals surface area contributed by atoms with Gasteiger partial charge in [-0.25, -0.2) is 8.42 Å². The van der Waals surface area contributed by atoms with Gasteiger partial charge in [0.05, 0.1) is 23.7 Å². The Morgan fingerprint density at radius 1 is 0.939 bits per heavy atom. The molecule has 1 aromatic heterocycles. The van der Waals surface area contributed by atoms with Gasteiger partial charge in [0.15, 0.2) is 0 Å². The fourth-order valence-electron chi connectivity index (χ4n) is 3.89. The predicted molar refractivity (Wildman–Crippen MR) is 125 cm³/mol. The van der Waals surface area contributed by atoms with Crippen molar-refractivity contribution in [3.8, 4) is 0 Å². The van der Waals surface area contributed by atoms with Gasteiger partial charge in [0.1, 0.15) is 0 Å². The summed E-state index contributed by atoms with van der Waals surface area (Å²) >= 11 is 1.52. The van der Waals surface area contributed by atoms with Crippen LogP contribution in [0.15, 0.2) is 46.0 Å². The molecular weight excluding hydrogens is 464 g/mol. The molecule has 2 amide bonds. The second-order valence-electron chi connectivity index (χ2n) is 7.94. The van der Waals surface area contributed by atoms with Crippen LogP contribution in [0.25, 0.3) is 0 Å². The molecule has 2 saturated heterocycles. The molecule has 2 aliphatic heterocycles. The second-order valence-corrected chi connectivity index (χ2v) is 10.7. The summed E-state index contributed by atoms with van der Waals surface area (Å²) in [5.41, 5.74) is 1.16. The maximum absolute atomic E-state index is 12.7. The van der Waals surface area contributed by atoms with E-state index in [1.165, 1.54) is 39.9 Å². The molecule has 11 heteroatoms. The van der Waals surface area contributed by atoms with E-state index in [1.807, 2.05) is 21.7 Å². The quantitative estimate of drug-likeness (QED) is 0.618. The van der Waals surface area contributed by atoms with E-state index < -0.39 is 10.0 Å². The van der Waals surface area contributed by atoms with E-state index in [-0.39, 0.29) is 16.7 Å². The first-order valence-corrected chi connectivity index (χ1v) is 13.3. The van der Waals surface area contributed by atoms with Gasteiger partial charge in [-0.2, -0.15) is 15.6 Å². The number of ether oxygens (including phenoxy) is 1. The summed E-state index contributed by atoms with van der Waals surface area (Å²) in [6, 6.07) is 7.88. The van der Waals surface area contributed by atoms with Crippen molar-refractivity contribution in [2.24, 2.45) is 0 Å². The Bertz CT molecular complexity index is 1040. The number of morpholine rings is 1. The van der Waals surface area contributed by atoms with Gasteiger partial charge in [-0.1, -0.05) is 0 Å².